The van der Waals surface area contributed by atoms with Crippen molar-refractivity contribution in [1.82, 2.24) is 10.2 Å². The normalized spacial score (nSPS) is 14.9. The summed E-state index contributed by atoms with van der Waals surface area (Å²) < 4.78 is 5.35. The summed E-state index contributed by atoms with van der Waals surface area (Å²) in [5, 5.41) is 3.04. The lowest BCUT2D eigenvalue weighted by atomic mass is 10.1. The summed E-state index contributed by atoms with van der Waals surface area (Å²) in [5.74, 6) is 1.58. The minimum Gasteiger partial charge on any atom is -0.496 e. The molecule has 1 aliphatic rings. The summed E-state index contributed by atoms with van der Waals surface area (Å²) in [6.45, 7) is 3.95. The summed E-state index contributed by atoms with van der Waals surface area (Å²) in [6, 6.07) is 18.6. The van der Waals surface area contributed by atoms with E-state index < -0.39 is 0 Å². The van der Waals surface area contributed by atoms with E-state index in [0.29, 0.717) is 19.1 Å². The second kappa shape index (κ2) is 8.86. The fraction of sp³-hybridized carbons (Fsp3) is 0.409. The SMILES string of the molecule is COc1ccccc1CNC(=O)CN(Cc1ccccc1)C(C)C1CC1. The van der Waals surface area contributed by atoms with Crippen LogP contribution in [0.2, 0.25) is 0 Å². The molecule has 0 bridgehead atoms. The third-order valence-corrected chi connectivity index (χ3v) is 5.12. The zero-order chi connectivity index (χ0) is 18.4. The summed E-state index contributed by atoms with van der Waals surface area (Å²) in [5.41, 5.74) is 2.24. The van der Waals surface area contributed by atoms with E-state index in [4.69, 9.17) is 4.74 Å². The lowest BCUT2D eigenvalue weighted by Crippen LogP contribution is -2.42. The number of benzene rings is 2. The highest BCUT2D eigenvalue weighted by Gasteiger charge is 2.32. The van der Waals surface area contributed by atoms with Crippen molar-refractivity contribution in [1.29, 1.82) is 0 Å². The molecule has 2 aromatic carbocycles. The number of hydrogen-bond acceptors (Lipinski definition) is 3. The monoisotopic (exact) mass is 352 g/mol. The topological polar surface area (TPSA) is 41.6 Å². The van der Waals surface area contributed by atoms with Crippen molar-refractivity contribution in [2.75, 3.05) is 13.7 Å². The van der Waals surface area contributed by atoms with Gasteiger partial charge in [-0.05, 0) is 37.3 Å². The molecule has 26 heavy (non-hydrogen) atoms. The second-order valence-corrected chi connectivity index (χ2v) is 7.06. The van der Waals surface area contributed by atoms with Crippen molar-refractivity contribution in [2.24, 2.45) is 5.92 Å². The first-order valence-electron chi connectivity index (χ1n) is 9.34. The molecule has 0 saturated heterocycles. The van der Waals surface area contributed by atoms with E-state index in [-0.39, 0.29) is 5.91 Å². The number of nitrogens with one attached hydrogen (secondary N) is 1. The van der Waals surface area contributed by atoms with Gasteiger partial charge in [-0.2, -0.15) is 0 Å². The molecule has 1 saturated carbocycles. The molecule has 1 unspecified atom stereocenters. The molecule has 1 fully saturated rings. The molecule has 2 aromatic rings. The van der Waals surface area contributed by atoms with E-state index >= 15 is 0 Å². The van der Waals surface area contributed by atoms with Crippen LogP contribution in [0.1, 0.15) is 30.9 Å². The molecule has 1 amide bonds. The van der Waals surface area contributed by atoms with Gasteiger partial charge in [-0.1, -0.05) is 48.5 Å². The smallest absolute Gasteiger partial charge is 0.234 e. The van der Waals surface area contributed by atoms with Gasteiger partial charge in [-0.3, -0.25) is 9.69 Å². The van der Waals surface area contributed by atoms with Crippen molar-refractivity contribution in [3.05, 3.63) is 65.7 Å². The summed E-state index contributed by atoms with van der Waals surface area (Å²) in [4.78, 5) is 14.9. The first-order chi connectivity index (χ1) is 12.7. The lowest BCUT2D eigenvalue weighted by Gasteiger charge is -2.28. The van der Waals surface area contributed by atoms with Gasteiger partial charge in [0, 0.05) is 24.7 Å². The highest BCUT2D eigenvalue weighted by molar-refractivity contribution is 5.78. The van der Waals surface area contributed by atoms with Crippen molar-refractivity contribution in [3.63, 3.8) is 0 Å². The van der Waals surface area contributed by atoms with Gasteiger partial charge in [0.1, 0.15) is 5.75 Å². The van der Waals surface area contributed by atoms with Crippen LogP contribution in [0.3, 0.4) is 0 Å². The Morgan fingerprint density at radius 3 is 2.54 bits per heavy atom. The van der Waals surface area contributed by atoms with Crippen molar-refractivity contribution in [3.8, 4) is 5.75 Å². The van der Waals surface area contributed by atoms with Crippen molar-refractivity contribution < 1.29 is 9.53 Å². The minimum atomic E-state index is 0.0549. The van der Waals surface area contributed by atoms with Gasteiger partial charge in [0.15, 0.2) is 0 Å². The number of amides is 1. The number of rotatable bonds is 9. The summed E-state index contributed by atoms with van der Waals surface area (Å²) >= 11 is 0. The Balaban J connectivity index is 1.59. The maximum Gasteiger partial charge on any atom is 0.234 e. The quantitative estimate of drug-likeness (QED) is 0.749. The fourth-order valence-electron chi connectivity index (χ4n) is 3.32. The molecule has 0 aromatic heterocycles. The highest BCUT2D eigenvalue weighted by atomic mass is 16.5. The molecule has 0 radical (unpaired) electrons. The van der Waals surface area contributed by atoms with E-state index in [2.05, 4.69) is 41.4 Å². The zero-order valence-corrected chi connectivity index (χ0v) is 15.7. The molecule has 4 heteroatoms. The maximum absolute atomic E-state index is 12.6. The molecule has 0 spiro atoms. The van der Waals surface area contributed by atoms with E-state index in [9.17, 15) is 4.79 Å². The Morgan fingerprint density at radius 1 is 1.15 bits per heavy atom. The summed E-state index contributed by atoms with van der Waals surface area (Å²) in [7, 11) is 1.65. The van der Waals surface area contributed by atoms with Gasteiger partial charge in [0.05, 0.1) is 13.7 Å². The Bertz CT molecular complexity index is 713. The maximum atomic E-state index is 12.6. The van der Waals surface area contributed by atoms with Gasteiger partial charge in [-0.15, -0.1) is 0 Å². The largest absolute Gasteiger partial charge is 0.496 e. The third kappa shape index (κ3) is 5.09. The van der Waals surface area contributed by atoms with E-state index in [1.165, 1.54) is 18.4 Å². The molecule has 1 aliphatic carbocycles. The predicted molar refractivity (Wildman–Crippen MR) is 104 cm³/mol. The predicted octanol–water partition coefficient (Wildman–Crippen LogP) is 3.61. The van der Waals surface area contributed by atoms with Crippen molar-refractivity contribution >= 4 is 5.91 Å². The molecular formula is C22H28N2O2. The van der Waals surface area contributed by atoms with Crippen LogP contribution < -0.4 is 10.1 Å². The third-order valence-electron chi connectivity index (χ3n) is 5.12. The van der Waals surface area contributed by atoms with Crippen LogP contribution in [0.15, 0.2) is 54.6 Å². The number of methoxy groups -OCH3 is 1. The Labute approximate surface area is 156 Å². The summed E-state index contributed by atoms with van der Waals surface area (Å²) in [6.07, 6.45) is 2.55. The number of hydrogen-bond donors (Lipinski definition) is 1. The fourth-order valence-corrected chi connectivity index (χ4v) is 3.32. The van der Waals surface area contributed by atoms with Gasteiger partial charge < -0.3 is 10.1 Å². The van der Waals surface area contributed by atoms with Crippen LogP contribution in [0.25, 0.3) is 0 Å². The molecule has 0 heterocycles. The molecule has 3 rings (SSSR count). The van der Waals surface area contributed by atoms with E-state index in [1.807, 2.05) is 30.3 Å². The number of ether oxygens (including phenoxy) is 1. The molecule has 1 N–H and O–H groups in total. The Morgan fingerprint density at radius 2 is 1.85 bits per heavy atom. The number of para-hydroxylation sites is 1. The van der Waals surface area contributed by atoms with Crippen LogP contribution >= 0.6 is 0 Å². The molecular weight excluding hydrogens is 324 g/mol. The van der Waals surface area contributed by atoms with Gasteiger partial charge in [-0.25, -0.2) is 0 Å². The van der Waals surface area contributed by atoms with Crippen LogP contribution in [-0.4, -0.2) is 30.5 Å². The molecule has 1 atom stereocenters. The Hall–Kier alpha value is -2.33. The van der Waals surface area contributed by atoms with Crippen LogP contribution in [-0.2, 0) is 17.9 Å². The zero-order valence-electron chi connectivity index (χ0n) is 15.7. The van der Waals surface area contributed by atoms with E-state index in [1.54, 1.807) is 7.11 Å². The van der Waals surface area contributed by atoms with E-state index in [0.717, 1.165) is 23.8 Å². The molecule has 138 valence electrons. The van der Waals surface area contributed by atoms with Gasteiger partial charge in [0.25, 0.3) is 0 Å². The second-order valence-electron chi connectivity index (χ2n) is 7.06. The average molecular weight is 352 g/mol. The van der Waals surface area contributed by atoms with Crippen molar-refractivity contribution in [2.45, 2.75) is 38.9 Å². The highest BCUT2D eigenvalue weighted by Crippen LogP contribution is 2.35. The number of carbonyl (C=O) groups is 1. The van der Waals surface area contributed by atoms with Gasteiger partial charge in [0.2, 0.25) is 5.91 Å². The average Bonchev–Trinajstić information content (AvgIpc) is 3.51. The van der Waals surface area contributed by atoms with Crippen LogP contribution in [0, 0.1) is 5.92 Å². The Kier molecular flexibility index (Phi) is 6.29. The minimum absolute atomic E-state index is 0.0549. The van der Waals surface area contributed by atoms with Gasteiger partial charge >= 0.3 is 0 Å². The number of carbonyl (C=O) groups excluding carboxylic acids is 1. The number of nitrogens with zero attached hydrogens (tertiary/aromatic N) is 1. The van der Waals surface area contributed by atoms with Crippen LogP contribution in [0.4, 0.5) is 0 Å². The molecule has 4 nitrogen and oxygen atoms in total. The lowest BCUT2D eigenvalue weighted by molar-refractivity contribution is -0.123. The first-order valence-corrected chi connectivity index (χ1v) is 9.34. The molecule has 0 aliphatic heterocycles. The van der Waals surface area contributed by atoms with Crippen LogP contribution in [0.5, 0.6) is 5.75 Å². The first kappa shape index (κ1) is 18.5. The standard InChI is InChI=1S/C22H28N2O2/c1-17(19-12-13-19)24(15-18-8-4-3-5-9-18)16-22(25)23-14-20-10-6-7-11-21(20)26-2/h3-11,17,19H,12-16H2,1-2H3,(H,23,25).